The number of halogens is 4. The zero-order chi connectivity index (χ0) is 26.3. The van der Waals surface area contributed by atoms with Gasteiger partial charge in [0.1, 0.15) is 0 Å². The highest BCUT2D eigenvalue weighted by atomic mass is 19.4. The number of alkyl halides is 3. The smallest absolute Gasteiger partial charge is 0.352 e. The number of nitrogens with zero attached hydrogens (tertiary/aromatic N) is 3. The van der Waals surface area contributed by atoms with E-state index < -0.39 is 30.2 Å². The predicted molar refractivity (Wildman–Crippen MR) is 129 cm³/mol. The Morgan fingerprint density at radius 3 is 2.76 bits per heavy atom. The lowest BCUT2D eigenvalue weighted by molar-refractivity contribution is -0.173. The summed E-state index contributed by atoms with van der Waals surface area (Å²) in [5.74, 6) is -2.90. The van der Waals surface area contributed by atoms with Crippen molar-refractivity contribution in [3.63, 3.8) is 0 Å². The Kier molecular flexibility index (Phi) is 6.30. The first-order valence-corrected chi connectivity index (χ1v) is 11.8. The van der Waals surface area contributed by atoms with Gasteiger partial charge in [0, 0.05) is 42.0 Å². The van der Waals surface area contributed by atoms with E-state index in [1.807, 2.05) is 0 Å². The molecule has 1 unspecified atom stereocenters. The number of amides is 2. The zero-order valence-electron chi connectivity index (χ0n) is 19.8. The van der Waals surface area contributed by atoms with Crippen LogP contribution in [0.25, 0.3) is 11.4 Å². The number of rotatable bonds is 5. The number of hydrogen-bond acceptors (Lipinski definition) is 5. The summed E-state index contributed by atoms with van der Waals surface area (Å²) < 4.78 is 53.2. The first-order valence-electron chi connectivity index (χ1n) is 11.8. The average Bonchev–Trinajstić information content (AvgIpc) is 3.28. The molecule has 11 heteroatoms. The first kappa shape index (κ1) is 24.7. The summed E-state index contributed by atoms with van der Waals surface area (Å²) >= 11 is 0. The molecule has 2 N–H and O–H groups in total. The zero-order valence-corrected chi connectivity index (χ0v) is 19.8. The van der Waals surface area contributed by atoms with Crippen molar-refractivity contribution in [2.45, 2.75) is 32.4 Å². The van der Waals surface area contributed by atoms with E-state index in [0.717, 1.165) is 24.2 Å². The number of hydrogen-bond donors (Lipinski definition) is 2. The molecule has 0 fully saturated rings. The van der Waals surface area contributed by atoms with Gasteiger partial charge in [0.15, 0.2) is 17.5 Å². The third kappa shape index (κ3) is 4.98. The highest BCUT2D eigenvalue weighted by Crippen LogP contribution is 2.35. The highest BCUT2D eigenvalue weighted by Gasteiger charge is 2.39. The quantitative estimate of drug-likeness (QED) is 0.479. The Bertz CT molecular complexity index is 1390. The fourth-order valence-corrected chi connectivity index (χ4v) is 4.52. The van der Waals surface area contributed by atoms with Gasteiger partial charge in [-0.25, -0.2) is 14.4 Å². The Morgan fingerprint density at radius 1 is 1.16 bits per heavy atom. The van der Waals surface area contributed by atoms with Crippen LogP contribution >= 0.6 is 0 Å². The largest absolute Gasteiger partial charge is 0.392 e. The maximum Gasteiger partial charge on any atom is 0.392 e. The fourth-order valence-electron chi connectivity index (χ4n) is 4.52. The molecule has 192 valence electrons. The molecule has 3 heterocycles. The minimum Gasteiger partial charge on any atom is -0.352 e. The summed E-state index contributed by atoms with van der Waals surface area (Å²) in [4.78, 5) is 34.3. The molecule has 1 aromatic heterocycles. The highest BCUT2D eigenvalue weighted by molar-refractivity contribution is 5.97. The average molecular weight is 513 g/mol. The van der Waals surface area contributed by atoms with E-state index in [4.69, 9.17) is 0 Å². The van der Waals surface area contributed by atoms with Crippen molar-refractivity contribution in [2.75, 3.05) is 23.3 Å². The molecule has 0 radical (unpaired) electrons. The fraction of sp³-hybridized carbons (Fsp3) is 0.308. The topological polar surface area (TPSA) is 87.2 Å². The second-order valence-corrected chi connectivity index (χ2v) is 9.18. The van der Waals surface area contributed by atoms with Crippen LogP contribution < -0.4 is 15.5 Å². The maximum atomic E-state index is 14.5. The number of anilines is 3. The Balaban J connectivity index is 1.36. The number of benzene rings is 2. The van der Waals surface area contributed by atoms with Crippen molar-refractivity contribution in [1.29, 1.82) is 0 Å². The third-order valence-electron chi connectivity index (χ3n) is 6.61. The molecule has 0 bridgehead atoms. The summed E-state index contributed by atoms with van der Waals surface area (Å²) in [5, 5.41) is 5.73. The number of nitrogens with one attached hydrogen (secondary N) is 2. The van der Waals surface area contributed by atoms with Gasteiger partial charge in [0.2, 0.25) is 5.91 Å². The molecule has 3 aromatic rings. The minimum absolute atomic E-state index is 0.0383. The molecule has 2 aliphatic rings. The molecular weight excluding hydrogens is 490 g/mol. The lowest BCUT2D eigenvalue weighted by Gasteiger charge is -2.21. The molecular formula is C26H23F4N5O2. The van der Waals surface area contributed by atoms with Crippen LogP contribution in [-0.2, 0) is 17.6 Å². The van der Waals surface area contributed by atoms with Gasteiger partial charge in [-0.2, -0.15) is 13.2 Å². The van der Waals surface area contributed by atoms with E-state index in [1.54, 1.807) is 36.4 Å². The Morgan fingerprint density at radius 2 is 1.97 bits per heavy atom. The Labute approximate surface area is 209 Å². The van der Waals surface area contributed by atoms with Crippen LogP contribution in [-0.4, -0.2) is 41.0 Å². The van der Waals surface area contributed by atoms with Crippen LogP contribution in [0.2, 0.25) is 0 Å². The van der Waals surface area contributed by atoms with Gasteiger partial charge in [-0.3, -0.25) is 9.59 Å². The first-order chi connectivity index (χ1) is 17.6. The van der Waals surface area contributed by atoms with Gasteiger partial charge in [-0.1, -0.05) is 6.92 Å². The monoisotopic (exact) mass is 513 g/mol. The molecule has 2 aliphatic heterocycles. The number of carbonyl (C=O) groups excluding carboxylic acids is 2. The van der Waals surface area contributed by atoms with Crippen LogP contribution in [0.4, 0.5) is 34.8 Å². The van der Waals surface area contributed by atoms with E-state index in [9.17, 15) is 27.2 Å². The SMILES string of the molecule is CC(CC(=O)N1CCc2cc(-c3ncc(F)c(Nc4ccc5c(c4)CCNC5=O)n3)ccc21)C(F)(F)F. The van der Waals surface area contributed by atoms with Crippen molar-refractivity contribution in [3.05, 3.63) is 65.1 Å². The van der Waals surface area contributed by atoms with E-state index in [0.29, 0.717) is 41.9 Å². The molecule has 0 aliphatic carbocycles. The van der Waals surface area contributed by atoms with Crippen molar-refractivity contribution in [3.8, 4) is 11.4 Å². The lowest BCUT2D eigenvalue weighted by Crippen LogP contribution is -2.33. The van der Waals surface area contributed by atoms with Crippen LogP contribution in [0.1, 0.15) is 34.8 Å². The summed E-state index contributed by atoms with van der Waals surface area (Å²) in [7, 11) is 0. The molecule has 0 saturated heterocycles. The molecule has 0 spiro atoms. The molecule has 5 rings (SSSR count). The Hall–Kier alpha value is -4.02. The van der Waals surface area contributed by atoms with Crippen LogP contribution in [0.15, 0.2) is 42.6 Å². The van der Waals surface area contributed by atoms with Crippen LogP contribution in [0.5, 0.6) is 0 Å². The van der Waals surface area contributed by atoms with Crippen molar-refractivity contribution in [1.82, 2.24) is 15.3 Å². The number of aromatic nitrogens is 2. The summed E-state index contributed by atoms with van der Waals surface area (Å²) in [5.41, 5.74) is 3.93. The lowest BCUT2D eigenvalue weighted by atomic mass is 10.00. The van der Waals surface area contributed by atoms with Gasteiger partial charge >= 0.3 is 6.18 Å². The van der Waals surface area contributed by atoms with Gasteiger partial charge in [-0.15, -0.1) is 0 Å². The third-order valence-corrected chi connectivity index (χ3v) is 6.61. The van der Waals surface area contributed by atoms with E-state index in [2.05, 4.69) is 20.6 Å². The molecule has 2 aromatic carbocycles. The van der Waals surface area contributed by atoms with Crippen molar-refractivity contribution < 1.29 is 27.2 Å². The van der Waals surface area contributed by atoms with Crippen LogP contribution in [0, 0.1) is 11.7 Å². The van der Waals surface area contributed by atoms with Crippen LogP contribution in [0.3, 0.4) is 0 Å². The van der Waals surface area contributed by atoms with Gasteiger partial charge in [0.25, 0.3) is 5.91 Å². The van der Waals surface area contributed by atoms with Gasteiger partial charge < -0.3 is 15.5 Å². The van der Waals surface area contributed by atoms with E-state index in [1.165, 1.54) is 4.90 Å². The van der Waals surface area contributed by atoms with Crippen molar-refractivity contribution in [2.24, 2.45) is 5.92 Å². The minimum atomic E-state index is -4.43. The van der Waals surface area contributed by atoms with Gasteiger partial charge in [-0.05, 0) is 60.4 Å². The number of fused-ring (bicyclic) bond motifs is 2. The summed E-state index contributed by atoms with van der Waals surface area (Å²) in [6.45, 7) is 1.82. The normalized spacial score (nSPS) is 15.6. The molecule has 37 heavy (non-hydrogen) atoms. The van der Waals surface area contributed by atoms with E-state index in [-0.39, 0.29) is 24.1 Å². The summed E-state index contributed by atoms with van der Waals surface area (Å²) in [6, 6.07) is 10.2. The van der Waals surface area contributed by atoms with Crippen molar-refractivity contribution >= 4 is 29.0 Å². The summed E-state index contributed by atoms with van der Waals surface area (Å²) in [6.07, 6.45) is -2.85. The number of carbonyl (C=O) groups is 2. The molecule has 2 amide bonds. The molecule has 0 saturated carbocycles. The molecule has 1 atom stereocenters. The standard InChI is InChI=1S/C26H23F4N5O2/c1-14(26(28,29)30)10-22(36)35-9-7-16-11-17(2-5-21(16)35)23-32-13-20(27)24(34-23)33-18-3-4-19-15(12-18)6-8-31-25(19)37/h2-5,11-14H,6-10H2,1H3,(H,31,37)(H,32,33,34). The van der Waals surface area contributed by atoms with E-state index >= 15 is 0 Å². The second kappa shape index (κ2) is 9.45. The maximum absolute atomic E-state index is 14.5. The van der Waals surface area contributed by atoms with Gasteiger partial charge in [0.05, 0.1) is 12.1 Å². The molecule has 7 nitrogen and oxygen atoms in total. The predicted octanol–water partition coefficient (Wildman–Crippen LogP) is 4.79. The second-order valence-electron chi connectivity index (χ2n) is 9.18.